The van der Waals surface area contributed by atoms with Gasteiger partial charge in [0.25, 0.3) is 0 Å². The van der Waals surface area contributed by atoms with E-state index in [1.165, 1.54) is 0 Å². The molecule has 0 saturated heterocycles. The number of fused-ring (bicyclic) bond motifs is 1. The Balaban J connectivity index is 2.07. The monoisotopic (exact) mass is 244 g/mol. The number of carbonyl (C=O) groups is 1. The van der Waals surface area contributed by atoms with E-state index in [1.54, 1.807) is 0 Å². The molecule has 1 fully saturated rings. The Morgan fingerprint density at radius 2 is 2.11 bits per heavy atom. The van der Waals surface area contributed by atoms with Crippen LogP contribution < -0.4 is 5.73 Å². The molecule has 0 radical (unpaired) electrons. The normalized spacial score (nSPS) is 18.7. The molecule has 1 aliphatic rings. The maximum absolute atomic E-state index is 11.2. The first kappa shape index (κ1) is 11.3. The van der Waals surface area contributed by atoms with Crippen LogP contribution in [0.1, 0.15) is 24.3 Å². The van der Waals surface area contributed by atoms with E-state index in [0.717, 1.165) is 29.3 Å². The predicted octanol–water partition coefficient (Wildman–Crippen LogP) is 2.07. The van der Waals surface area contributed by atoms with Crippen molar-refractivity contribution in [2.75, 3.05) is 0 Å². The Morgan fingerprint density at radius 1 is 1.39 bits per heavy atom. The third-order valence-electron chi connectivity index (χ3n) is 3.78. The summed E-state index contributed by atoms with van der Waals surface area (Å²) in [5.74, 6) is -0.592. The Kier molecular flexibility index (Phi) is 2.59. The van der Waals surface area contributed by atoms with Gasteiger partial charge in [-0.25, -0.2) is 0 Å². The van der Waals surface area contributed by atoms with Gasteiger partial charge in [0.1, 0.15) is 6.04 Å². The second-order valence-corrected chi connectivity index (χ2v) is 5.02. The summed E-state index contributed by atoms with van der Waals surface area (Å²) in [5.41, 5.74) is 7.95. The van der Waals surface area contributed by atoms with Crippen molar-refractivity contribution < 1.29 is 9.90 Å². The molecule has 1 aromatic carbocycles. The van der Waals surface area contributed by atoms with Gasteiger partial charge in [-0.15, -0.1) is 0 Å². The summed E-state index contributed by atoms with van der Waals surface area (Å²) >= 11 is 0. The number of benzene rings is 1. The van der Waals surface area contributed by atoms with E-state index in [1.807, 2.05) is 30.5 Å². The number of nitrogens with one attached hydrogen (secondary N) is 1. The van der Waals surface area contributed by atoms with E-state index in [4.69, 9.17) is 10.8 Å². The lowest BCUT2D eigenvalue weighted by Gasteiger charge is -2.20. The molecule has 1 aromatic heterocycles. The molecule has 1 heterocycles. The van der Waals surface area contributed by atoms with Crippen molar-refractivity contribution >= 4 is 16.9 Å². The summed E-state index contributed by atoms with van der Waals surface area (Å²) < 4.78 is 0. The molecular formula is C14H16N2O2. The maximum Gasteiger partial charge on any atom is 0.321 e. The van der Waals surface area contributed by atoms with Crippen LogP contribution in [0.25, 0.3) is 10.9 Å². The number of aliphatic carboxylic acids is 1. The average molecular weight is 244 g/mol. The fourth-order valence-electron chi connectivity index (χ4n) is 2.72. The summed E-state index contributed by atoms with van der Waals surface area (Å²) in [6, 6.07) is 7.12. The van der Waals surface area contributed by atoms with Crippen molar-refractivity contribution in [3.8, 4) is 0 Å². The van der Waals surface area contributed by atoms with Crippen LogP contribution in [-0.4, -0.2) is 22.1 Å². The number of carboxylic acid groups (broad SMARTS) is 1. The molecule has 2 aromatic rings. The Labute approximate surface area is 105 Å². The molecule has 0 bridgehead atoms. The first-order chi connectivity index (χ1) is 8.68. The van der Waals surface area contributed by atoms with Crippen LogP contribution in [0.5, 0.6) is 0 Å². The molecule has 0 amide bonds. The van der Waals surface area contributed by atoms with Gasteiger partial charge in [0.2, 0.25) is 0 Å². The molecule has 18 heavy (non-hydrogen) atoms. The highest BCUT2D eigenvalue weighted by molar-refractivity contribution is 5.85. The molecule has 3 rings (SSSR count). The topological polar surface area (TPSA) is 79.1 Å². The van der Waals surface area contributed by atoms with E-state index in [9.17, 15) is 4.79 Å². The average Bonchev–Trinajstić information content (AvgIpc) is 3.10. The zero-order chi connectivity index (χ0) is 12.7. The lowest BCUT2D eigenvalue weighted by Crippen LogP contribution is -2.37. The minimum atomic E-state index is -0.919. The number of para-hydroxylation sites is 1. The van der Waals surface area contributed by atoms with Crippen LogP contribution in [0.4, 0.5) is 0 Å². The summed E-state index contributed by atoms with van der Waals surface area (Å²) in [6.45, 7) is 0. The van der Waals surface area contributed by atoms with Gasteiger partial charge < -0.3 is 15.8 Å². The molecule has 1 saturated carbocycles. The molecule has 4 heteroatoms. The summed E-state index contributed by atoms with van der Waals surface area (Å²) in [6.07, 6.45) is 4.06. The third kappa shape index (κ3) is 1.78. The molecule has 0 unspecified atom stereocenters. The second kappa shape index (κ2) is 4.14. The second-order valence-electron chi connectivity index (χ2n) is 5.02. The number of H-pyrrole nitrogens is 1. The molecule has 0 spiro atoms. The summed E-state index contributed by atoms with van der Waals surface area (Å²) in [7, 11) is 0. The maximum atomic E-state index is 11.2. The molecule has 1 aliphatic carbocycles. The van der Waals surface area contributed by atoms with Gasteiger partial charge in [-0.3, -0.25) is 4.79 Å². The lowest BCUT2D eigenvalue weighted by atomic mass is 9.87. The minimum Gasteiger partial charge on any atom is -0.480 e. The Bertz CT molecular complexity index is 586. The quantitative estimate of drug-likeness (QED) is 0.770. The number of hydrogen-bond donors (Lipinski definition) is 3. The lowest BCUT2D eigenvalue weighted by molar-refractivity contribution is -0.139. The highest BCUT2D eigenvalue weighted by atomic mass is 16.4. The number of carboxylic acids is 1. The first-order valence-corrected chi connectivity index (χ1v) is 6.23. The van der Waals surface area contributed by atoms with Crippen molar-refractivity contribution in [2.45, 2.75) is 24.8 Å². The van der Waals surface area contributed by atoms with Crippen molar-refractivity contribution in [3.63, 3.8) is 0 Å². The van der Waals surface area contributed by atoms with Crippen molar-refractivity contribution in [3.05, 3.63) is 36.0 Å². The molecular weight excluding hydrogens is 228 g/mol. The van der Waals surface area contributed by atoms with Gasteiger partial charge in [0.05, 0.1) is 0 Å². The van der Waals surface area contributed by atoms with Crippen molar-refractivity contribution in [2.24, 2.45) is 11.7 Å². The van der Waals surface area contributed by atoms with Gasteiger partial charge in [-0.05, 0) is 30.4 Å². The van der Waals surface area contributed by atoms with E-state index < -0.39 is 12.0 Å². The van der Waals surface area contributed by atoms with Gasteiger partial charge in [0.15, 0.2) is 0 Å². The molecule has 4 N–H and O–H groups in total. The summed E-state index contributed by atoms with van der Waals surface area (Å²) in [5, 5.41) is 10.3. The predicted molar refractivity (Wildman–Crippen MR) is 69.4 cm³/mol. The smallest absolute Gasteiger partial charge is 0.321 e. The molecule has 2 atom stereocenters. The standard InChI is InChI=1S/C14H16N2O2/c15-13(14(17)18)12(8-5-6-8)10-7-16-11-4-2-1-3-9(10)11/h1-4,7-8,12-13,16H,5-6,15H2,(H,17,18)/t12-,13-/m0/s1. The minimum absolute atomic E-state index is 0.0846. The Morgan fingerprint density at radius 3 is 2.78 bits per heavy atom. The van der Waals surface area contributed by atoms with Gasteiger partial charge in [-0.1, -0.05) is 18.2 Å². The van der Waals surface area contributed by atoms with Crippen molar-refractivity contribution in [1.29, 1.82) is 0 Å². The highest BCUT2D eigenvalue weighted by Crippen LogP contribution is 2.45. The number of aromatic amines is 1. The Hall–Kier alpha value is -1.81. The largest absolute Gasteiger partial charge is 0.480 e. The SMILES string of the molecule is N[C@H](C(=O)O)[C@H](c1c[nH]c2ccccc12)C1CC1. The third-order valence-corrected chi connectivity index (χ3v) is 3.78. The van der Waals surface area contributed by atoms with Crippen LogP contribution in [-0.2, 0) is 4.79 Å². The zero-order valence-corrected chi connectivity index (χ0v) is 9.97. The van der Waals surface area contributed by atoms with Gasteiger partial charge in [-0.2, -0.15) is 0 Å². The van der Waals surface area contributed by atoms with Crippen LogP contribution >= 0.6 is 0 Å². The van der Waals surface area contributed by atoms with Crippen molar-refractivity contribution in [1.82, 2.24) is 4.98 Å². The van der Waals surface area contributed by atoms with E-state index in [0.29, 0.717) is 5.92 Å². The number of nitrogens with two attached hydrogens (primary N) is 1. The fraction of sp³-hybridized carbons (Fsp3) is 0.357. The number of aromatic nitrogens is 1. The van der Waals surface area contributed by atoms with Crippen LogP contribution in [0, 0.1) is 5.92 Å². The van der Waals surface area contributed by atoms with Crippen LogP contribution in [0.15, 0.2) is 30.5 Å². The molecule has 4 nitrogen and oxygen atoms in total. The van der Waals surface area contributed by atoms with E-state index in [2.05, 4.69) is 4.98 Å². The summed E-state index contributed by atoms with van der Waals surface area (Å²) in [4.78, 5) is 14.4. The molecule has 0 aliphatic heterocycles. The fourth-order valence-corrected chi connectivity index (χ4v) is 2.72. The first-order valence-electron chi connectivity index (χ1n) is 6.23. The van der Waals surface area contributed by atoms with Gasteiger partial charge in [0, 0.05) is 23.0 Å². The van der Waals surface area contributed by atoms with Gasteiger partial charge >= 0.3 is 5.97 Å². The highest BCUT2D eigenvalue weighted by Gasteiger charge is 2.40. The van der Waals surface area contributed by atoms with Crippen LogP contribution in [0.2, 0.25) is 0 Å². The van der Waals surface area contributed by atoms with E-state index in [-0.39, 0.29) is 5.92 Å². The van der Waals surface area contributed by atoms with E-state index >= 15 is 0 Å². The van der Waals surface area contributed by atoms with Crippen LogP contribution in [0.3, 0.4) is 0 Å². The zero-order valence-electron chi connectivity index (χ0n) is 9.97. The number of rotatable bonds is 4. The number of hydrogen-bond acceptors (Lipinski definition) is 2. The molecule has 94 valence electrons.